The summed E-state index contributed by atoms with van der Waals surface area (Å²) in [5.74, 6) is -0.432. The predicted octanol–water partition coefficient (Wildman–Crippen LogP) is 2.87. The molecule has 0 heterocycles. The van der Waals surface area contributed by atoms with Crippen LogP contribution in [0.2, 0.25) is 0 Å². The average Bonchev–Trinajstić information content (AvgIpc) is 2.03. The maximum atomic E-state index is 12.8. The first kappa shape index (κ1) is 10.1. The van der Waals surface area contributed by atoms with Crippen LogP contribution in [0.1, 0.15) is 0 Å². The highest BCUT2D eigenvalue weighted by Crippen LogP contribution is 2.11. The SMILES string of the molecule is C=C/C(CBr)=C(F)\C=C\C#N. The summed E-state index contributed by atoms with van der Waals surface area (Å²) in [6.45, 7) is 3.42. The number of hydrogen-bond acceptors (Lipinski definition) is 1. The van der Waals surface area contributed by atoms with Crippen molar-refractivity contribution in [3.05, 3.63) is 36.2 Å². The van der Waals surface area contributed by atoms with Gasteiger partial charge in [0.25, 0.3) is 0 Å². The minimum absolute atomic E-state index is 0.401. The lowest BCUT2D eigenvalue weighted by Crippen LogP contribution is -1.81. The Morgan fingerprint density at radius 1 is 1.73 bits per heavy atom. The van der Waals surface area contributed by atoms with Crippen molar-refractivity contribution in [1.29, 1.82) is 5.26 Å². The highest BCUT2D eigenvalue weighted by Gasteiger charge is 1.95. The van der Waals surface area contributed by atoms with E-state index in [2.05, 4.69) is 22.5 Å². The van der Waals surface area contributed by atoms with Crippen LogP contribution in [0.15, 0.2) is 36.2 Å². The Kier molecular flexibility index (Phi) is 5.40. The second kappa shape index (κ2) is 5.87. The molecule has 0 aromatic rings. The van der Waals surface area contributed by atoms with Gasteiger partial charge in [-0.2, -0.15) is 5.26 Å². The molecule has 11 heavy (non-hydrogen) atoms. The molecule has 0 saturated carbocycles. The monoisotopic (exact) mass is 215 g/mol. The third-order valence-corrected chi connectivity index (χ3v) is 1.61. The molecule has 0 rings (SSSR count). The molecule has 58 valence electrons. The van der Waals surface area contributed by atoms with Gasteiger partial charge >= 0.3 is 0 Å². The number of alkyl halides is 1. The topological polar surface area (TPSA) is 23.8 Å². The van der Waals surface area contributed by atoms with Crippen molar-refractivity contribution in [3.63, 3.8) is 0 Å². The Balaban J connectivity index is 4.51. The normalized spacial score (nSPS) is 12.5. The van der Waals surface area contributed by atoms with E-state index in [9.17, 15) is 4.39 Å². The molecule has 0 bridgehead atoms. The van der Waals surface area contributed by atoms with Gasteiger partial charge in [-0.05, 0) is 11.6 Å². The van der Waals surface area contributed by atoms with Crippen molar-refractivity contribution in [2.45, 2.75) is 0 Å². The Labute approximate surface area is 73.7 Å². The van der Waals surface area contributed by atoms with E-state index in [-0.39, 0.29) is 0 Å². The number of halogens is 2. The van der Waals surface area contributed by atoms with Gasteiger partial charge in [-0.1, -0.05) is 28.6 Å². The fourth-order valence-corrected chi connectivity index (χ4v) is 0.930. The molecule has 0 aromatic carbocycles. The highest BCUT2D eigenvalue weighted by atomic mass is 79.9. The van der Waals surface area contributed by atoms with Crippen molar-refractivity contribution in [1.82, 2.24) is 0 Å². The first-order chi connectivity index (χ1) is 5.26. The smallest absolute Gasteiger partial charge is 0.127 e. The lowest BCUT2D eigenvalue weighted by atomic mass is 10.2. The van der Waals surface area contributed by atoms with Crippen LogP contribution in [0.5, 0.6) is 0 Å². The van der Waals surface area contributed by atoms with E-state index < -0.39 is 5.83 Å². The van der Waals surface area contributed by atoms with Crippen LogP contribution >= 0.6 is 15.9 Å². The maximum absolute atomic E-state index is 12.8. The highest BCUT2D eigenvalue weighted by molar-refractivity contribution is 9.09. The van der Waals surface area contributed by atoms with Gasteiger partial charge in [0, 0.05) is 11.4 Å². The number of rotatable bonds is 3. The first-order valence-corrected chi connectivity index (χ1v) is 4.01. The molecule has 0 aliphatic carbocycles. The summed E-state index contributed by atoms with van der Waals surface area (Å²) in [6.07, 6.45) is 3.60. The van der Waals surface area contributed by atoms with Crippen LogP contribution in [-0.2, 0) is 0 Å². The van der Waals surface area contributed by atoms with Crippen molar-refractivity contribution < 1.29 is 4.39 Å². The second-order valence-corrected chi connectivity index (χ2v) is 2.23. The quantitative estimate of drug-likeness (QED) is 0.404. The van der Waals surface area contributed by atoms with Crippen LogP contribution in [0, 0.1) is 11.3 Å². The molecule has 0 amide bonds. The average molecular weight is 216 g/mol. The molecule has 0 radical (unpaired) electrons. The molecular formula is C8H7BrFN. The van der Waals surface area contributed by atoms with E-state index in [1.54, 1.807) is 6.07 Å². The molecule has 0 aromatic heterocycles. The summed E-state index contributed by atoms with van der Waals surface area (Å²) < 4.78 is 12.8. The van der Waals surface area contributed by atoms with E-state index in [0.717, 1.165) is 12.2 Å². The van der Waals surface area contributed by atoms with Crippen molar-refractivity contribution >= 4 is 15.9 Å². The summed E-state index contributed by atoms with van der Waals surface area (Å²) in [7, 11) is 0. The van der Waals surface area contributed by atoms with Crippen LogP contribution in [-0.4, -0.2) is 5.33 Å². The Morgan fingerprint density at radius 2 is 2.36 bits per heavy atom. The molecule has 0 atom stereocenters. The number of nitriles is 1. The first-order valence-electron chi connectivity index (χ1n) is 2.89. The lowest BCUT2D eigenvalue weighted by molar-refractivity contribution is 0.659. The van der Waals surface area contributed by atoms with E-state index in [1.807, 2.05) is 0 Å². The Morgan fingerprint density at radius 3 is 2.73 bits per heavy atom. The third-order valence-electron chi connectivity index (χ3n) is 1.00. The molecule has 0 aliphatic rings. The largest absolute Gasteiger partial charge is 0.207 e. The number of nitrogens with zero attached hydrogens (tertiary/aromatic N) is 1. The van der Waals surface area contributed by atoms with Gasteiger partial charge in [0.05, 0.1) is 6.07 Å². The maximum Gasteiger partial charge on any atom is 0.127 e. The zero-order chi connectivity index (χ0) is 8.69. The van der Waals surface area contributed by atoms with Crippen molar-refractivity contribution in [2.75, 3.05) is 5.33 Å². The minimum atomic E-state index is -0.432. The van der Waals surface area contributed by atoms with Gasteiger partial charge in [-0.15, -0.1) is 0 Å². The zero-order valence-electron chi connectivity index (χ0n) is 5.85. The summed E-state index contributed by atoms with van der Waals surface area (Å²) >= 11 is 3.08. The van der Waals surface area contributed by atoms with Gasteiger partial charge in [-0.25, -0.2) is 4.39 Å². The van der Waals surface area contributed by atoms with Gasteiger partial charge in [-0.3, -0.25) is 0 Å². The molecule has 3 heteroatoms. The van der Waals surface area contributed by atoms with Gasteiger partial charge in [0.1, 0.15) is 5.83 Å². The van der Waals surface area contributed by atoms with E-state index >= 15 is 0 Å². The molecule has 0 aliphatic heterocycles. The molecule has 0 unspecified atom stereocenters. The molecule has 1 nitrogen and oxygen atoms in total. The van der Waals surface area contributed by atoms with Gasteiger partial charge < -0.3 is 0 Å². The minimum Gasteiger partial charge on any atom is -0.207 e. The van der Waals surface area contributed by atoms with E-state index in [4.69, 9.17) is 5.26 Å². The standard InChI is InChI=1S/C8H7BrFN/c1-2-7(6-9)8(10)4-3-5-11/h2-4H,1,6H2/b4-3+,8-7-. The second-order valence-electron chi connectivity index (χ2n) is 1.67. The lowest BCUT2D eigenvalue weighted by Gasteiger charge is -1.93. The fourth-order valence-electron chi connectivity index (χ4n) is 0.433. The van der Waals surface area contributed by atoms with E-state index in [0.29, 0.717) is 10.9 Å². The summed E-state index contributed by atoms with van der Waals surface area (Å²) in [5.41, 5.74) is 0.441. The molecular weight excluding hydrogens is 209 g/mol. The third kappa shape index (κ3) is 3.74. The molecule has 0 N–H and O–H groups in total. The summed E-state index contributed by atoms with van der Waals surface area (Å²) in [6, 6.07) is 1.70. The predicted molar refractivity (Wildman–Crippen MR) is 46.9 cm³/mol. The number of allylic oxidation sites excluding steroid dienone is 5. The van der Waals surface area contributed by atoms with Crippen LogP contribution in [0.25, 0.3) is 0 Å². The zero-order valence-corrected chi connectivity index (χ0v) is 7.44. The summed E-state index contributed by atoms with van der Waals surface area (Å²) in [4.78, 5) is 0. The summed E-state index contributed by atoms with van der Waals surface area (Å²) in [5, 5.41) is 8.48. The van der Waals surface area contributed by atoms with Crippen molar-refractivity contribution in [3.8, 4) is 6.07 Å². The Hall–Kier alpha value is -0.880. The number of hydrogen-bond donors (Lipinski definition) is 0. The Bertz CT molecular complexity index is 235. The molecule has 0 saturated heterocycles. The van der Waals surface area contributed by atoms with E-state index in [1.165, 1.54) is 6.08 Å². The molecule has 0 fully saturated rings. The van der Waals surface area contributed by atoms with Crippen LogP contribution in [0.4, 0.5) is 4.39 Å². The van der Waals surface area contributed by atoms with Crippen molar-refractivity contribution in [2.24, 2.45) is 0 Å². The van der Waals surface area contributed by atoms with Gasteiger partial charge in [0.2, 0.25) is 0 Å². The van der Waals surface area contributed by atoms with Crippen LogP contribution in [0.3, 0.4) is 0 Å². The van der Waals surface area contributed by atoms with Gasteiger partial charge in [0.15, 0.2) is 0 Å². The van der Waals surface area contributed by atoms with Crippen LogP contribution < -0.4 is 0 Å². The fraction of sp³-hybridized carbons (Fsp3) is 0.125. The molecule has 0 spiro atoms.